The van der Waals surface area contributed by atoms with E-state index in [0.717, 1.165) is 39.2 Å². The van der Waals surface area contributed by atoms with Crippen LogP contribution >= 0.6 is 0 Å². The summed E-state index contributed by atoms with van der Waals surface area (Å²) in [6.45, 7) is -0.235. The van der Waals surface area contributed by atoms with Gasteiger partial charge in [-0.15, -0.1) is 0 Å². The maximum Gasteiger partial charge on any atom is 0.330 e. The van der Waals surface area contributed by atoms with Gasteiger partial charge in [-0.2, -0.15) is 0 Å². The van der Waals surface area contributed by atoms with Gasteiger partial charge in [-0.25, -0.2) is 13.2 Å². The number of H-pyrrole nitrogens is 1. The second-order valence-corrected chi connectivity index (χ2v) is 8.56. The Morgan fingerprint density at radius 3 is 2.45 bits per heavy atom. The van der Waals surface area contributed by atoms with Gasteiger partial charge in [-0.3, -0.25) is 28.8 Å². The summed E-state index contributed by atoms with van der Waals surface area (Å²) in [6.07, 6.45) is 0.211. The van der Waals surface area contributed by atoms with Gasteiger partial charge in [-0.05, 0) is 18.2 Å². The monoisotopic (exact) mass is 444 g/mol. The van der Waals surface area contributed by atoms with Crippen LogP contribution in [0.3, 0.4) is 0 Å². The lowest BCUT2D eigenvalue weighted by atomic mass is 10.2. The summed E-state index contributed by atoms with van der Waals surface area (Å²) in [5.74, 6) is 0. The van der Waals surface area contributed by atoms with Gasteiger partial charge in [-0.1, -0.05) is 18.2 Å². The molecule has 160 valence electrons. The molecule has 31 heavy (non-hydrogen) atoms. The van der Waals surface area contributed by atoms with E-state index in [-0.39, 0.29) is 23.7 Å². The quantitative estimate of drug-likeness (QED) is 0.472. The van der Waals surface area contributed by atoms with Gasteiger partial charge in [0.15, 0.2) is 6.23 Å². The van der Waals surface area contributed by atoms with Crippen LogP contribution in [0.1, 0.15) is 11.8 Å². The molecule has 0 radical (unpaired) electrons. The number of aromatic nitrogens is 2. The van der Waals surface area contributed by atoms with E-state index in [2.05, 4.69) is 4.98 Å². The number of non-ortho nitro benzene ring substituents is 1. The molecule has 0 bridgehead atoms. The summed E-state index contributed by atoms with van der Waals surface area (Å²) < 4.78 is 34.9. The Bertz CT molecular complexity index is 1360. The molecule has 1 aliphatic heterocycles. The van der Waals surface area contributed by atoms with Gasteiger partial charge in [0.25, 0.3) is 21.3 Å². The second-order valence-electron chi connectivity index (χ2n) is 6.70. The minimum atomic E-state index is -4.16. The van der Waals surface area contributed by atoms with Crippen molar-refractivity contribution in [1.29, 1.82) is 0 Å². The summed E-state index contributed by atoms with van der Waals surface area (Å²) in [6, 6.07) is 12.4. The third-order valence-electron chi connectivity index (χ3n) is 4.81. The van der Waals surface area contributed by atoms with Crippen LogP contribution in [-0.4, -0.2) is 29.4 Å². The number of sulfonamides is 1. The summed E-state index contributed by atoms with van der Waals surface area (Å²) in [7, 11) is -4.16. The molecular weight excluding hydrogens is 428 g/mol. The van der Waals surface area contributed by atoms with Crippen LogP contribution in [0.4, 0.5) is 11.4 Å². The molecule has 12 heteroatoms. The molecule has 2 heterocycles. The van der Waals surface area contributed by atoms with E-state index in [1.807, 2.05) is 0 Å². The Kier molecular flexibility index (Phi) is 5.17. The van der Waals surface area contributed by atoms with E-state index in [1.165, 1.54) is 6.20 Å². The number of anilines is 1. The zero-order chi connectivity index (χ0) is 22.2. The predicted molar refractivity (Wildman–Crippen MR) is 109 cm³/mol. The lowest BCUT2D eigenvalue weighted by molar-refractivity contribution is -0.384. The SMILES string of the molecule is O=c1ccn(C2CN(S(=O)(=O)c3ccc([N+](=O)[O-])cc3)c3ccccc3CO2)c(=O)[nH]1. The van der Waals surface area contributed by atoms with Crippen LogP contribution in [0.15, 0.2) is 75.3 Å². The van der Waals surface area contributed by atoms with Gasteiger partial charge >= 0.3 is 5.69 Å². The van der Waals surface area contributed by atoms with Crippen molar-refractivity contribution in [3.63, 3.8) is 0 Å². The highest BCUT2D eigenvalue weighted by atomic mass is 32.2. The average Bonchev–Trinajstić information content (AvgIpc) is 2.94. The molecule has 11 nitrogen and oxygen atoms in total. The zero-order valence-corrected chi connectivity index (χ0v) is 16.7. The third kappa shape index (κ3) is 3.85. The Hall–Kier alpha value is -3.77. The first-order chi connectivity index (χ1) is 14.8. The molecule has 0 spiro atoms. The summed E-state index contributed by atoms with van der Waals surface area (Å²) in [4.78, 5) is 35.9. The number of ether oxygens (including phenoxy) is 1. The molecule has 2 aromatic carbocycles. The van der Waals surface area contributed by atoms with Gasteiger partial charge in [0.1, 0.15) is 0 Å². The van der Waals surface area contributed by atoms with Gasteiger partial charge < -0.3 is 4.74 Å². The molecule has 0 fully saturated rings. The molecular formula is C19H16N4O7S. The van der Waals surface area contributed by atoms with Crippen LogP contribution in [0.2, 0.25) is 0 Å². The Labute approximate surface area is 175 Å². The third-order valence-corrected chi connectivity index (χ3v) is 6.60. The van der Waals surface area contributed by atoms with Gasteiger partial charge in [0.05, 0.1) is 28.7 Å². The first kappa shape index (κ1) is 20.5. The van der Waals surface area contributed by atoms with Crippen LogP contribution in [0.5, 0.6) is 0 Å². The molecule has 1 aliphatic rings. The average molecular weight is 444 g/mol. The highest BCUT2D eigenvalue weighted by Gasteiger charge is 2.33. The molecule has 0 aliphatic carbocycles. The Morgan fingerprint density at radius 2 is 1.77 bits per heavy atom. The molecule has 1 unspecified atom stereocenters. The summed E-state index contributed by atoms with van der Waals surface area (Å²) >= 11 is 0. The van der Waals surface area contributed by atoms with E-state index in [1.54, 1.807) is 24.3 Å². The van der Waals surface area contributed by atoms with Crippen LogP contribution in [-0.2, 0) is 21.4 Å². The highest BCUT2D eigenvalue weighted by Crippen LogP contribution is 2.33. The Morgan fingerprint density at radius 1 is 1.06 bits per heavy atom. The number of nitro groups is 1. The standard InChI is InChI=1S/C19H16N4O7S/c24-17-9-10-21(19(25)20-17)18-11-22(16-4-2-1-3-13(16)12-30-18)31(28,29)15-7-5-14(6-8-15)23(26)27/h1-10,18H,11-12H2,(H,20,24,25). The highest BCUT2D eigenvalue weighted by molar-refractivity contribution is 7.92. The minimum absolute atomic E-state index is 0.0265. The lowest BCUT2D eigenvalue weighted by Crippen LogP contribution is -2.40. The number of hydrogen-bond acceptors (Lipinski definition) is 7. The van der Waals surface area contributed by atoms with Gasteiger partial charge in [0, 0.05) is 30.0 Å². The number of benzene rings is 2. The molecule has 0 saturated carbocycles. The summed E-state index contributed by atoms with van der Waals surface area (Å²) in [5, 5.41) is 10.9. The number of rotatable bonds is 4. The fraction of sp³-hybridized carbons (Fsp3) is 0.158. The number of nitrogens with zero attached hydrogens (tertiary/aromatic N) is 3. The maximum atomic E-state index is 13.5. The molecule has 0 saturated heterocycles. The van der Waals surface area contributed by atoms with Crippen molar-refractivity contribution < 1.29 is 18.1 Å². The largest absolute Gasteiger partial charge is 0.351 e. The van der Waals surface area contributed by atoms with Crippen molar-refractivity contribution in [2.24, 2.45) is 0 Å². The van der Waals surface area contributed by atoms with E-state index >= 15 is 0 Å². The Balaban J connectivity index is 1.81. The molecule has 0 amide bonds. The smallest absolute Gasteiger partial charge is 0.330 e. The number of nitro benzene ring substituents is 1. The van der Waals surface area contributed by atoms with E-state index in [0.29, 0.717) is 11.3 Å². The number of nitrogens with one attached hydrogen (secondary N) is 1. The fourth-order valence-electron chi connectivity index (χ4n) is 3.27. The van der Waals surface area contributed by atoms with Crippen molar-refractivity contribution >= 4 is 21.4 Å². The predicted octanol–water partition coefficient (Wildman–Crippen LogP) is 1.37. The zero-order valence-electron chi connectivity index (χ0n) is 15.9. The number of fused-ring (bicyclic) bond motifs is 1. The minimum Gasteiger partial charge on any atom is -0.351 e. The molecule has 1 aromatic heterocycles. The topological polar surface area (TPSA) is 145 Å². The first-order valence-electron chi connectivity index (χ1n) is 9.05. The molecule has 1 atom stereocenters. The van der Waals surface area contributed by atoms with Crippen molar-refractivity contribution in [3.05, 3.63) is 97.3 Å². The maximum absolute atomic E-state index is 13.5. The van der Waals surface area contributed by atoms with E-state index < -0.39 is 32.4 Å². The van der Waals surface area contributed by atoms with Gasteiger partial charge in [0.2, 0.25) is 0 Å². The molecule has 4 rings (SSSR count). The number of hydrogen-bond donors (Lipinski definition) is 1. The van der Waals surface area contributed by atoms with Crippen molar-refractivity contribution in [1.82, 2.24) is 9.55 Å². The van der Waals surface area contributed by atoms with E-state index in [4.69, 9.17) is 4.74 Å². The fourth-order valence-corrected chi connectivity index (χ4v) is 4.77. The van der Waals surface area contributed by atoms with Crippen molar-refractivity contribution in [2.45, 2.75) is 17.7 Å². The molecule has 3 aromatic rings. The van der Waals surface area contributed by atoms with Crippen LogP contribution < -0.4 is 15.6 Å². The number of aromatic amines is 1. The van der Waals surface area contributed by atoms with Crippen LogP contribution in [0, 0.1) is 10.1 Å². The lowest BCUT2D eigenvalue weighted by Gasteiger charge is -2.27. The van der Waals surface area contributed by atoms with Crippen LogP contribution in [0.25, 0.3) is 0 Å². The van der Waals surface area contributed by atoms with E-state index in [9.17, 15) is 28.1 Å². The molecule has 1 N–H and O–H groups in total. The summed E-state index contributed by atoms with van der Waals surface area (Å²) in [5.41, 5.74) is -0.630. The normalized spacial score (nSPS) is 16.4. The number of para-hydroxylation sites is 1. The first-order valence-corrected chi connectivity index (χ1v) is 10.5. The van der Waals surface area contributed by atoms with Crippen molar-refractivity contribution in [3.8, 4) is 0 Å². The van der Waals surface area contributed by atoms with Crippen molar-refractivity contribution in [2.75, 3.05) is 10.8 Å². The second kappa shape index (κ2) is 7.81.